The summed E-state index contributed by atoms with van der Waals surface area (Å²) < 4.78 is 5.54. The van der Waals surface area contributed by atoms with Gasteiger partial charge in [-0.2, -0.15) is 10.4 Å². The molecule has 0 fully saturated rings. The van der Waals surface area contributed by atoms with E-state index in [-0.39, 0.29) is 6.42 Å². The molecule has 2 rings (SSSR count). The highest BCUT2D eigenvalue weighted by Gasteiger charge is 2.08. The molecule has 1 N–H and O–H groups in total. The van der Waals surface area contributed by atoms with E-state index < -0.39 is 5.91 Å². The molecule has 0 radical (unpaired) electrons. The highest BCUT2D eigenvalue weighted by Crippen LogP contribution is 2.31. The molecule has 1 heterocycles. The Balaban J connectivity index is 2.10. The molecule has 7 heteroatoms. The van der Waals surface area contributed by atoms with Gasteiger partial charge in [-0.1, -0.05) is 23.2 Å². The lowest BCUT2D eigenvalue weighted by molar-refractivity contribution is -0.120. The van der Waals surface area contributed by atoms with Crippen molar-refractivity contribution in [2.45, 2.75) is 6.42 Å². The molecule has 0 aliphatic rings. The summed E-state index contributed by atoms with van der Waals surface area (Å²) in [5.74, 6) is 0.510. The number of rotatable bonds is 4. The molecule has 0 atom stereocenters. The topological polar surface area (TPSA) is 78.4 Å². The molecular weight excluding hydrogens is 313 g/mol. The minimum atomic E-state index is -0.485. The lowest BCUT2D eigenvalue weighted by Gasteiger charge is -2.00. The van der Waals surface area contributed by atoms with Crippen molar-refractivity contribution >= 4 is 35.3 Å². The van der Waals surface area contributed by atoms with Crippen LogP contribution in [0.25, 0.3) is 11.3 Å². The first kappa shape index (κ1) is 15.1. The Morgan fingerprint density at radius 3 is 2.90 bits per heavy atom. The summed E-state index contributed by atoms with van der Waals surface area (Å²) in [5, 5.41) is 13.0. The number of carbonyl (C=O) groups excluding carboxylic acids is 1. The molecule has 0 spiro atoms. The average Bonchev–Trinajstić information content (AvgIpc) is 2.87. The molecule has 0 bridgehead atoms. The van der Waals surface area contributed by atoms with Crippen LogP contribution in [0.2, 0.25) is 10.0 Å². The quantitative estimate of drug-likeness (QED) is 0.690. The molecule has 0 saturated carbocycles. The summed E-state index contributed by atoms with van der Waals surface area (Å²) >= 11 is 11.9. The smallest absolute Gasteiger partial charge is 0.254 e. The number of nitrogens with zero attached hydrogens (tertiary/aromatic N) is 2. The van der Waals surface area contributed by atoms with Gasteiger partial charge < -0.3 is 4.42 Å². The van der Waals surface area contributed by atoms with Crippen LogP contribution in [0.1, 0.15) is 12.2 Å². The molecule has 106 valence electrons. The Morgan fingerprint density at radius 2 is 2.19 bits per heavy atom. The van der Waals surface area contributed by atoms with Gasteiger partial charge in [-0.3, -0.25) is 4.79 Å². The van der Waals surface area contributed by atoms with Crippen LogP contribution < -0.4 is 5.43 Å². The number of carbonyl (C=O) groups is 1. The molecule has 0 aliphatic heterocycles. The lowest BCUT2D eigenvalue weighted by Crippen LogP contribution is -2.15. The van der Waals surface area contributed by atoms with Gasteiger partial charge in [0.15, 0.2) is 0 Å². The minimum Gasteiger partial charge on any atom is -0.455 e. The van der Waals surface area contributed by atoms with E-state index >= 15 is 0 Å². The zero-order chi connectivity index (χ0) is 15.2. The van der Waals surface area contributed by atoms with Gasteiger partial charge in [0.25, 0.3) is 5.91 Å². The maximum atomic E-state index is 11.0. The number of hydrogen-bond acceptors (Lipinski definition) is 4. The van der Waals surface area contributed by atoms with Crippen LogP contribution >= 0.6 is 23.2 Å². The number of halogens is 2. The van der Waals surface area contributed by atoms with E-state index in [1.165, 1.54) is 6.21 Å². The molecule has 1 aromatic carbocycles. The SMILES string of the molecule is N#CCC(=O)NN=Cc1ccc(-c2ccc(Cl)cc2Cl)o1. The number of nitriles is 1. The summed E-state index contributed by atoms with van der Waals surface area (Å²) in [7, 11) is 0. The van der Waals surface area contributed by atoms with Crippen molar-refractivity contribution in [1.29, 1.82) is 5.26 Å². The van der Waals surface area contributed by atoms with Crippen LogP contribution in [0.15, 0.2) is 39.9 Å². The number of hydrogen-bond donors (Lipinski definition) is 1. The number of amides is 1. The van der Waals surface area contributed by atoms with Gasteiger partial charge in [-0.25, -0.2) is 5.43 Å². The summed E-state index contributed by atoms with van der Waals surface area (Å²) in [6.07, 6.45) is 1.09. The molecule has 21 heavy (non-hydrogen) atoms. The number of benzene rings is 1. The molecule has 0 saturated heterocycles. The van der Waals surface area contributed by atoms with Gasteiger partial charge in [-0.15, -0.1) is 0 Å². The van der Waals surface area contributed by atoms with E-state index in [0.717, 1.165) is 0 Å². The lowest BCUT2D eigenvalue weighted by atomic mass is 10.2. The van der Waals surface area contributed by atoms with Crippen molar-refractivity contribution in [2.24, 2.45) is 5.10 Å². The molecule has 0 unspecified atom stereocenters. The van der Waals surface area contributed by atoms with Crippen molar-refractivity contribution in [3.63, 3.8) is 0 Å². The first-order valence-corrected chi connectivity index (χ1v) is 6.60. The Kier molecular flexibility index (Phi) is 4.99. The van der Waals surface area contributed by atoms with E-state index in [9.17, 15) is 4.79 Å². The maximum absolute atomic E-state index is 11.0. The van der Waals surface area contributed by atoms with E-state index in [4.69, 9.17) is 32.9 Å². The van der Waals surface area contributed by atoms with E-state index in [2.05, 4.69) is 10.5 Å². The fraction of sp³-hybridized carbons (Fsp3) is 0.0714. The van der Waals surface area contributed by atoms with Crippen LogP contribution in [0.4, 0.5) is 0 Å². The fourth-order valence-corrected chi connectivity index (χ4v) is 2.04. The Hall–Kier alpha value is -2.29. The maximum Gasteiger partial charge on any atom is 0.254 e. The zero-order valence-corrected chi connectivity index (χ0v) is 12.1. The van der Waals surface area contributed by atoms with Crippen LogP contribution in [0.5, 0.6) is 0 Å². The Bertz CT molecular complexity index is 732. The van der Waals surface area contributed by atoms with Crippen LogP contribution in [0.3, 0.4) is 0 Å². The molecule has 0 aliphatic carbocycles. The van der Waals surface area contributed by atoms with E-state index in [1.54, 1.807) is 36.4 Å². The van der Waals surface area contributed by atoms with Gasteiger partial charge in [0.05, 0.1) is 17.3 Å². The number of furan rings is 1. The monoisotopic (exact) mass is 321 g/mol. The first-order chi connectivity index (χ1) is 10.1. The highest BCUT2D eigenvalue weighted by molar-refractivity contribution is 6.36. The zero-order valence-electron chi connectivity index (χ0n) is 10.6. The van der Waals surface area contributed by atoms with Crippen LogP contribution in [-0.4, -0.2) is 12.1 Å². The minimum absolute atomic E-state index is 0.249. The van der Waals surface area contributed by atoms with Crippen molar-refractivity contribution in [2.75, 3.05) is 0 Å². The average molecular weight is 322 g/mol. The summed E-state index contributed by atoms with van der Waals surface area (Å²) in [4.78, 5) is 11.0. The molecule has 1 amide bonds. The van der Waals surface area contributed by atoms with Crippen LogP contribution in [-0.2, 0) is 4.79 Å². The first-order valence-electron chi connectivity index (χ1n) is 5.84. The largest absolute Gasteiger partial charge is 0.455 e. The van der Waals surface area contributed by atoms with Gasteiger partial charge in [0.1, 0.15) is 17.9 Å². The second-order valence-electron chi connectivity index (χ2n) is 3.95. The van der Waals surface area contributed by atoms with Crippen LogP contribution in [0, 0.1) is 11.3 Å². The van der Waals surface area contributed by atoms with Gasteiger partial charge in [-0.05, 0) is 30.3 Å². The van der Waals surface area contributed by atoms with Crippen molar-refractivity contribution in [1.82, 2.24) is 5.43 Å². The van der Waals surface area contributed by atoms with Gasteiger partial charge >= 0.3 is 0 Å². The Labute approximate surface area is 130 Å². The summed E-state index contributed by atoms with van der Waals surface area (Å²) in [6.45, 7) is 0. The number of nitrogens with one attached hydrogen (secondary N) is 1. The second-order valence-corrected chi connectivity index (χ2v) is 4.80. The molecular formula is C14H9Cl2N3O2. The number of hydrazone groups is 1. The Morgan fingerprint density at radius 1 is 1.38 bits per heavy atom. The predicted molar refractivity (Wildman–Crippen MR) is 80.1 cm³/mol. The van der Waals surface area contributed by atoms with Crippen molar-refractivity contribution in [3.8, 4) is 17.4 Å². The van der Waals surface area contributed by atoms with Crippen molar-refractivity contribution < 1.29 is 9.21 Å². The van der Waals surface area contributed by atoms with Gasteiger partial charge in [0.2, 0.25) is 0 Å². The predicted octanol–water partition coefficient (Wildman–Crippen LogP) is 3.62. The van der Waals surface area contributed by atoms with E-state index in [1.807, 2.05) is 0 Å². The molecule has 2 aromatic rings. The molecule has 1 aromatic heterocycles. The third-order valence-corrected chi connectivity index (χ3v) is 2.99. The van der Waals surface area contributed by atoms with Gasteiger partial charge in [0, 0.05) is 10.6 Å². The summed E-state index contributed by atoms with van der Waals surface area (Å²) in [6, 6.07) is 10.2. The summed E-state index contributed by atoms with van der Waals surface area (Å²) in [5.41, 5.74) is 2.91. The highest BCUT2D eigenvalue weighted by atomic mass is 35.5. The standard InChI is InChI=1S/C14H9Cl2N3O2/c15-9-1-3-11(12(16)7-9)13-4-2-10(21-13)8-18-19-14(20)5-6-17/h1-4,7-8H,5H2,(H,19,20). The normalized spacial score (nSPS) is 10.5. The third kappa shape index (κ3) is 4.09. The third-order valence-electron chi connectivity index (χ3n) is 2.44. The second kappa shape index (κ2) is 6.93. The van der Waals surface area contributed by atoms with E-state index in [0.29, 0.717) is 27.1 Å². The fourth-order valence-electron chi connectivity index (χ4n) is 1.54. The van der Waals surface area contributed by atoms with Crippen molar-refractivity contribution in [3.05, 3.63) is 46.1 Å². The molecule has 5 nitrogen and oxygen atoms in total.